The lowest BCUT2D eigenvalue weighted by atomic mass is 10.1. The fourth-order valence-corrected chi connectivity index (χ4v) is 3.70. The van der Waals surface area contributed by atoms with Crippen LogP contribution in [0.25, 0.3) is 17.0 Å². The van der Waals surface area contributed by atoms with Crippen molar-refractivity contribution in [2.75, 3.05) is 36.5 Å². The normalized spacial score (nSPS) is 14.4. The maximum Gasteiger partial charge on any atom is 0.266 e. The number of morpholine rings is 1. The molecule has 31 heavy (non-hydrogen) atoms. The van der Waals surface area contributed by atoms with E-state index in [1.807, 2.05) is 62.4 Å². The zero-order chi connectivity index (χ0) is 21.8. The summed E-state index contributed by atoms with van der Waals surface area (Å²) < 4.78 is 5.47. The molecule has 0 aliphatic carbocycles. The first-order chi connectivity index (χ1) is 15.0. The fourth-order valence-electron chi connectivity index (χ4n) is 3.70. The number of carbonyl (C=O) groups excluding carboxylic acids is 1. The van der Waals surface area contributed by atoms with E-state index in [1.165, 1.54) is 0 Å². The van der Waals surface area contributed by atoms with Gasteiger partial charge in [0.1, 0.15) is 17.5 Å². The van der Waals surface area contributed by atoms with Gasteiger partial charge in [-0.25, -0.2) is 4.98 Å². The number of hydrogen-bond acceptors (Lipinski definition) is 5. The third-order valence-electron chi connectivity index (χ3n) is 5.34. The van der Waals surface area contributed by atoms with E-state index in [-0.39, 0.29) is 5.57 Å². The van der Waals surface area contributed by atoms with Gasteiger partial charge in [0.2, 0.25) is 0 Å². The molecule has 156 valence electrons. The van der Waals surface area contributed by atoms with Crippen molar-refractivity contribution >= 4 is 34.4 Å². The van der Waals surface area contributed by atoms with Gasteiger partial charge in [0.25, 0.3) is 5.91 Å². The average Bonchev–Trinajstić information content (AvgIpc) is 2.79. The number of nitrogens with one attached hydrogen (secondary N) is 1. The Morgan fingerprint density at radius 2 is 1.94 bits per heavy atom. The van der Waals surface area contributed by atoms with Gasteiger partial charge in [-0.2, -0.15) is 5.26 Å². The van der Waals surface area contributed by atoms with Gasteiger partial charge in [0.15, 0.2) is 0 Å². The van der Waals surface area contributed by atoms with Crippen LogP contribution in [0.2, 0.25) is 0 Å². The molecule has 0 atom stereocenters. The second kappa shape index (κ2) is 8.99. The number of fused-ring (bicyclic) bond motifs is 1. The largest absolute Gasteiger partial charge is 0.378 e. The summed E-state index contributed by atoms with van der Waals surface area (Å²) in [6, 6.07) is 17.7. The highest BCUT2D eigenvalue weighted by molar-refractivity contribution is 6.10. The van der Waals surface area contributed by atoms with Crippen molar-refractivity contribution < 1.29 is 9.53 Å². The van der Waals surface area contributed by atoms with E-state index in [9.17, 15) is 10.1 Å². The first kappa shape index (κ1) is 20.6. The van der Waals surface area contributed by atoms with Crippen LogP contribution in [-0.2, 0) is 9.53 Å². The summed E-state index contributed by atoms with van der Waals surface area (Å²) in [6.07, 6.45) is 1.63. The number of para-hydroxylation sites is 1. The molecule has 6 nitrogen and oxygen atoms in total. The van der Waals surface area contributed by atoms with Gasteiger partial charge in [0, 0.05) is 29.7 Å². The summed E-state index contributed by atoms with van der Waals surface area (Å²) in [6.45, 7) is 6.60. The van der Waals surface area contributed by atoms with Crippen LogP contribution in [0.1, 0.15) is 16.7 Å². The minimum Gasteiger partial charge on any atom is -0.378 e. The fraction of sp³-hybridized carbons (Fsp3) is 0.240. The van der Waals surface area contributed by atoms with Crippen molar-refractivity contribution in [1.29, 1.82) is 5.26 Å². The molecule has 1 aromatic heterocycles. The molecule has 1 aliphatic heterocycles. The van der Waals surface area contributed by atoms with E-state index < -0.39 is 5.91 Å². The number of nitriles is 1. The third-order valence-corrected chi connectivity index (χ3v) is 5.34. The average molecular weight is 412 g/mol. The first-order valence-corrected chi connectivity index (χ1v) is 10.3. The number of benzene rings is 2. The van der Waals surface area contributed by atoms with Crippen LogP contribution >= 0.6 is 0 Å². The van der Waals surface area contributed by atoms with E-state index >= 15 is 0 Å². The number of amides is 1. The summed E-state index contributed by atoms with van der Waals surface area (Å²) in [7, 11) is 0. The second-order valence-corrected chi connectivity index (χ2v) is 7.64. The Morgan fingerprint density at radius 1 is 1.16 bits per heavy atom. The van der Waals surface area contributed by atoms with Crippen LogP contribution in [0.4, 0.5) is 11.5 Å². The predicted molar refractivity (Wildman–Crippen MR) is 123 cm³/mol. The first-order valence-electron chi connectivity index (χ1n) is 10.3. The summed E-state index contributed by atoms with van der Waals surface area (Å²) >= 11 is 0. The summed E-state index contributed by atoms with van der Waals surface area (Å²) in [5.74, 6) is 0.324. The van der Waals surface area contributed by atoms with Gasteiger partial charge < -0.3 is 15.0 Å². The monoisotopic (exact) mass is 412 g/mol. The van der Waals surface area contributed by atoms with E-state index in [4.69, 9.17) is 9.72 Å². The van der Waals surface area contributed by atoms with Crippen LogP contribution in [0.15, 0.2) is 54.1 Å². The van der Waals surface area contributed by atoms with Gasteiger partial charge in [0.05, 0.1) is 18.7 Å². The van der Waals surface area contributed by atoms with Crippen LogP contribution in [0, 0.1) is 25.2 Å². The Hall–Kier alpha value is -3.69. The molecular weight excluding hydrogens is 388 g/mol. The van der Waals surface area contributed by atoms with Crippen molar-refractivity contribution in [1.82, 2.24) is 4.98 Å². The maximum absolute atomic E-state index is 12.9. The van der Waals surface area contributed by atoms with Crippen molar-refractivity contribution in [3.05, 3.63) is 70.8 Å². The van der Waals surface area contributed by atoms with Crippen molar-refractivity contribution in [2.45, 2.75) is 13.8 Å². The van der Waals surface area contributed by atoms with Gasteiger partial charge in [-0.3, -0.25) is 4.79 Å². The summed E-state index contributed by atoms with van der Waals surface area (Å²) in [5, 5.41) is 13.5. The van der Waals surface area contributed by atoms with E-state index in [2.05, 4.69) is 16.3 Å². The minimum absolute atomic E-state index is 0.0339. The van der Waals surface area contributed by atoms with Crippen LogP contribution in [0.5, 0.6) is 0 Å². The maximum atomic E-state index is 12.9. The van der Waals surface area contributed by atoms with Gasteiger partial charge in [-0.15, -0.1) is 0 Å². The Kier molecular flexibility index (Phi) is 5.96. The lowest BCUT2D eigenvalue weighted by Crippen LogP contribution is -2.37. The van der Waals surface area contributed by atoms with Crippen molar-refractivity contribution in [2.24, 2.45) is 0 Å². The Balaban J connectivity index is 1.72. The number of ether oxygens (including phenoxy) is 1. The molecule has 0 radical (unpaired) electrons. The number of anilines is 2. The van der Waals surface area contributed by atoms with E-state index in [1.54, 1.807) is 6.08 Å². The molecule has 4 rings (SSSR count). The molecule has 2 aromatic carbocycles. The van der Waals surface area contributed by atoms with Gasteiger partial charge in [-0.05, 0) is 43.7 Å². The molecule has 2 heterocycles. The SMILES string of the molecule is Cc1ccc(NC(=O)C(C#N)=Cc2cc3ccccc3nc2N2CCOCC2)c(C)c1. The summed E-state index contributed by atoms with van der Waals surface area (Å²) in [5.41, 5.74) is 4.41. The number of carbonyl (C=O) groups is 1. The molecule has 1 amide bonds. The quantitative estimate of drug-likeness (QED) is 0.512. The molecule has 1 saturated heterocycles. The van der Waals surface area contributed by atoms with Crippen molar-refractivity contribution in [3.8, 4) is 6.07 Å². The van der Waals surface area contributed by atoms with Crippen LogP contribution < -0.4 is 10.2 Å². The molecule has 0 bridgehead atoms. The standard InChI is InChI=1S/C25H24N4O2/c1-17-7-8-22(18(2)13-17)28-25(30)21(16-26)15-20-14-19-5-3-4-6-23(19)27-24(20)29-9-11-31-12-10-29/h3-8,13-15H,9-12H2,1-2H3,(H,28,30). The minimum atomic E-state index is -0.435. The topological polar surface area (TPSA) is 78.2 Å². The molecule has 1 aliphatic rings. The molecule has 0 saturated carbocycles. The number of hydrogen-bond donors (Lipinski definition) is 1. The Bertz CT molecular complexity index is 1200. The number of nitrogens with zero attached hydrogens (tertiary/aromatic N) is 3. The van der Waals surface area contributed by atoms with E-state index in [0.29, 0.717) is 32.0 Å². The number of aromatic nitrogens is 1. The van der Waals surface area contributed by atoms with E-state index in [0.717, 1.165) is 33.4 Å². The third kappa shape index (κ3) is 4.57. The lowest BCUT2D eigenvalue weighted by Gasteiger charge is -2.29. The number of aryl methyl sites for hydroxylation is 2. The van der Waals surface area contributed by atoms with Crippen molar-refractivity contribution in [3.63, 3.8) is 0 Å². The molecule has 1 N–H and O–H groups in total. The van der Waals surface area contributed by atoms with Crippen LogP contribution in [-0.4, -0.2) is 37.2 Å². The molecule has 6 heteroatoms. The zero-order valence-electron chi connectivity index (χ0n) is 17.7. The lowest BCUT2D eigenvalue weighted by molar-refractivity contribution is -0.112. The molecule has 3 aromatic rings. The highest BCUT2D eigenvalue weighted by Gasteiger charge is 2.18. The molecule has 0 spiro atoms. The highest BCUT2D eigenvalue weighted by atomic mass is 16.5. The molecule has 0 unspecified atom stereocenters. The Labute approximate surface area is 181 Å². The van der Waals surface area contributed by atoms with Gasteiger partial charge in [-0.1, -0.05) is 35.9 Å². The zero-order valence-corrected chi connectivity index (χ0v) is 17.7. The molecular formula is C25H24N4O2. The second-order valence-electron chi connectivity index (χ2n) is 7.64. The van der Waals surface area contributed by atoms with Crippen LogP contribution in [0.3, 0.4) is 0 Å². The van der Waals surface area contributed by atoms with Gasteiger partial charge >= 0.3 is 0 Å². The molecule has 1 fully saturated rings. The smallest absolute Gasteiger partial charge is 0.266 e. The summed E-state index contributed by atoms with van der Waals surface area (Å²) in [4.78, 5) is 19.9. The number of rotatable bonds is 4. The highest BCUT2D eigenvalue weighted by Crippen LogP contribution is 2.27. The Morgan fingerprint density at radius 3 is 2.68 bits per heavy atom. The number of pyridine rings is 1. The predicted octanol–water partition coefficient (Wildman–Crippen LogP) is 4.23.